The zero-order chi connectivity index (χ0) is 12.4. The van der Waals surface area contributed by atoms with E-state index >= 15 is 0 Å². The average Bonchev–Trinajstić information content (AvgIpc) is 2.61. The zero-order valence-corrected chi connectivity index (χ0v) is 10.5. The largest absolute Gasteiger partial charge is 0.379 e. The molecule has 1 unspecified atom stereocenters. The number of nitrogens with two attached hydrogens (primary N) is 1. The Morgan fingerprint density at radius 2 is 2.29 bits per heavy atom. The summed E-state index contributed by atoms with van der Waals surface area (Å²) in [6, 6.07) is 8.14. The van der Waals surface area contributed by atoms with Crippen LogP contribution in [0.2, 0.25) is 0 Å². The fourth-order valence-corrected chi connectivity index (χ4v) is 2.57. The molecule has 0 radical (unpaired) electrons. The summed E-state index contributed by atoms with van der Waals surface area (Å²) >= 11 is 1.07. The van der Waals surface area contributed by atoms with Crippen LogP contribution in [0.3, 0.4) is 0 Å². The molecular weight excluding hydrogens is 234 g/mol. The maximum Gasteiger partial charge on any atom is 0.237 e. The third-order valence-electron chi connectivity index (χ3n) is 2.83. The molecule has 1 aromatic carbocycles. The van der Waals surface area contributed by atoms with Gasteiger partial charge in [0.05, 0.1) is 5.75 Å². The summed E-state index contributed by atoms with van der Waals surface area (Å²) in [5, 5.41) is 7.11. The number of anilines is 1. The van der Waals surface area contributed by atoms with Gasteiger partial charge < -0.3 is 10.6 Å². The lowest BCUT2D eigenvalue weighted by Crippen LogP contribution is -2.37. The first-order valence-electron chi connectivity index (χ1n) is 5.46. The van der Waals surface area contributed by atoms with Gasteiger partial charge in [0.1, 0.15) is 0 Å². The number of carbonyl (C=O) groups excluding carboxylic acids is 1. The topological polar surface area (TPSA) is 70.2 Å². The van der Waals surface area contributed by atoms with Gasteiger partial charge in [-0.05, 0) is 25.0 Å². The van der Waals surface area contributed by atoms with E-state index in [0.29, 0.717) is 0 Å². The van der Waals surface area contributed by atoms with Crippen LogP contribution in [0.1, 0.15) is 12.5 Å². The molecule has 0 spiro atoms. The normalized spacial score (nSPS) is 17.9. The molecule has 17 heavy (non-hydrogen) atoms. The van der Waals surface area contributed by atoms with Crippen LogP contribution in [-0.2, 0) is 11.2 Å². The third kappa shape index (κ3) is 2.44. The first-order chi connectivity index (χ1) is 8.09. The Labute approximate surface area is 105 Å². The van der Waals surface area contributed by atoms with E-state index in [1.165, 1.54) is 5.56 Å². The highest BCUT2D eigenvalue weighted by molar-refractivity contribution is 8.14. The second-order valence-electron chi connectivity index (χ2n) is 4.10. The molecule has 0 bridgehead atoms. The number of rotatable bonds is 2. The molecule has 1 aromatic rings. The van der Waals surface area contributed by atoms with Gasteiger partial charge in [-0.15, -0.1) is 0 Å². The van der Waals surface area contributed by atoms with Crippen molar-refractivity contribution in [1.82, 2.24) is 0 Å². The van der Waals surface area contributed by atoms with E-state index < -0.39 is 0 Å². The molecule has 1 aliphatic heterocycles. The minimum atomic E-state index is -0.0153. The fraction of sp³-hybridized carbons (Fsp3) is 0.333. The van der Waals surface area contributed by atoms with Crippen molar-refractivity contribution < 1.29 is 4.79 Å². The van der Waals surface area contributed by atoms with Gasteiger partial charge in [-0.2, -0.15) is 0 Å². The van der Waals surface area contributed by atoms with Crippen molar-refractivity contribution >= 4 is 28.5 Å². The summed E-state index contributed by atoms with van der Waals surface area (Å²) in [6.07, 6.45) is 0.895. The third-order valence-corrected chi connectivity index (χ3v) is 3.53. The molecule has 0 saturated heterocycles. The number of amidine groups is 1. The van der Waals surface area contributed by atoms with Crippen molar-refractivity contribution in [2.75, 3.05) is 10.7 Å². The lowest BCUT2D eigenvalue weighted by Gasteiger charge is -2.22. The van der Waals surface area contributed by atoms with Crippen LogP contribution in [0, 0.1) is 5.41 Å². The number of benzene rings is 1. The van der Waals surface area contributed by atoms with Crippen molar-refractivity contribution in [1.29, 1.82) is 5.41 Å². The van der Waals surface area contributed by atoms with E-state index in [0.717, 1.165) is 23.9 Å². The first kappa shape index (κ1) is 12.0. The predicted octanol–water partition coefficient (Wildman–Crippen LogP) is 1.59. The van der Waals surface area contributed by atoms with E-state index in [4.69, 9.17) is 11.1 Å². The molecule has 1 atom stereocenters. The van der Waals surface area contributed by atoms with Crippen LogP contribution < -0.4 is 10.6 Å². The number of amides is 1. The molecule has 1 heterocycles. The molecule has 4 nitrogen and oxygen atoms in total. The van der Waals surface area contributed by atoms with Gasteiger partial charge in [0.2, 0.25) is 5.91 Å². The quantitative estimate of drug-likeness (QED) is 0.617. The average molecular weight is 249 g/mol. The highest BCUT2D eigenvalue weighted by Gasteiger charge is 2.30. The van der Waals surface area contributed by atoms with Crippen molar-refractivity contribution in [2.24, 2.45) is 5.73 Å². The van der Waals surface area contributed by atoms with E-state index in [-0.39, 0.29) is 22.9 Å². The van der Waals surface area contributed by atoms with E-state index in [1.807, 2.05) is 30.0 Å². The van der Waals surface area contributed by atoms with Crippen molar-refractivity contribution in [3.63, 3.8) is 0 Å². The maximum atomic E-state index is 12.1. The Kier molecular flexibility index (Phi) is 3.38. The molecule has 0 fully saturated rings. The maximum absolute atomic E-state index is 12.1. The Bertz CT molecular complexity index is 461. The Hall–Kier alpha value is -1.49. The van der Waals surface area contributed by atoms with Crippen molar-refractivity contribution in [3.8, 4) is 0 Å². The zero-order valence-electron chi connectivity index (χ0n) is 9.64. The SMILES string of the molecule is CC1Cc2ccccc2N1C(=O)CSC(=N)N. The van der Waals surface area contributed by atoms with Gasteiger partial charge in [0.25, 0.3) is 0 Å². The molecule has 0 saturated carbocycles. The summed E-state index contributed by atoms with van der Waals surface area (Å²) in [6.45, 7) is 2.04. The summed E-state index contributed by atoms with van der Waals surface area (Å²) in [7, 11) is 0. The highest BCUT2D eigenvalue weighted by Crippen LogP contribution is 2.32. The van der Waals surface area contributed by atoms with Crippen LogP contribution >= 0.6 is 11.8 Å². The van der Waals surface area contributed by atoms with Gasteiger partial charge in [0, 0.05) is 11.7 Å². The summed E-state index contributed by atoms with van der Waals surface area (Å²) in [5.74, 6) is 0.247. The van der Waals surface area contributed by atoms with Gasteiger partial charge >= 0.3 is 0 Å². The lowest BCUT2D eigenvalue weighted by molar-refractivity contribution is -0.116. The van der Waals surface area contributed by atoms with E-state index in [1.54, 1.807) is 0 Å². The summed E-state index contributed by atoms with van der Waals surface area (Å²) in [4.78, 5) is 13.9. The molecule has 1 aliphatic rings. The van der Waals surface area contributed by atoms with Gasteiger partial charge in [-0.1, -0.05) is 30.0 Å². The molecule has 90 valence electrons. The summed E-state index contributed by atoms with van der Waals surface area (Å²) in [5.41, 5.74) is 7.45. The second-order valence-corrected chi connectivity index (χ2v) is 5.12. The number of para-hydroxylation sites is 1. The summed E-state index contributed by atoms with van der Waals surface area (Å²) < 4.78 is 0. The number of nitrogens with zero attached hydrogens (tertiary/aromatic N) is 1. The molecule has 0 aliphatic carbocycles. The molecule has 2 rings (SSSR count). The standard InChI is InChI=1S/C12H15N3OS/c1-8-6-9-4-2-3-5-10(9)15(8)11(16)7-17-12(13)14/h2-5,8H,6-7H2,1H3,(H3,13,14). The Morgan fingerprint density at radius 1 is 1.59 bits per heavy atom. The first-order valence-corrected chi connectivity index (χ1v) is 6.45. The monoisotopic (exact) mass is 249 g/mol. The van der Waals surface area contributed by atoms with Crippen molar-refractivity contribution in [2.45, 2.75) is 19.4 Å². The van der Waals surface area contributed by atoms with Crippen LogP contribution in [0.4, 0.5) is 5.69 Å². The lowest BCUT2D eigenvalue weighted by atomic mass is 10.1. The smallest absolute Gasteiger partial charge is 0.237 e. The molecule has 5 heteroatoms. The Morgan fingerprint density at radius 3 is 3.00 bits per heavy atom. The second kappa shape index (κ2) is 4.79. The van der Waals surface area contributed by atoms with Gasteiger partial charge in [-0.25, -0.2) is 0 Å². The number of hydrogen-bond donors (Lipinski definition) is 2. The molecule has 1 amide bonds. The van der Waals surface area contributed by atoms with Gasteiger partial charge in [0.15, 0.2) is 5.17 Å². The van der Waals surface area contributed by atoms with E-state index in [2.05, 4.69) is 6.07 Å². The minimum Gasteiger partial charge on any atom is -0.379 e. The Balaban J connectivity index is 2.16. The number of hydrogen-bond acceptors (Lipinski definition) is 3. The predicted molar refractivity (Wildman–Crippen MR) is 71.5 cm³/mol. The van der Waals surface area contributed by atoms with Crippen LogP contribution in [-0.4, -0.2) is 22.9 Å². The number of carbonyl (C=O) groups is 1. The van der Waals surface area contributed by atoms with Crippen LogP contribution in [0.5, 0.6) is 0 Å². The molecule has 0 aromatic heterocycles. The van der Waals surface area contributed by atoms with Crippen LogP contribution in [0.25, 0.3) is 0 Å². The minimum absolute atomic E-state index is 0.0153. The fourth-order valence-electron chi connectivity index (χ4n) is 2.15. The number of nitrogens with one attached hydrogen (secondary N) is 1. The van der Waals surface area contributed by atoms with Gasteiger partial charge in [-0.3, -0.25) is 10.2 Å². The number of fused-ring (bicyclic) bond motifs is 1. The van der Waals surface area contributed by atoms with Crippen molar-refractivity contribution in [3.05, 3.63) is 29.8 Å². The highest BCUT2D eigenvalue weighted by atomic mass is 32.2. The van der Waals surface area contributed by atoms with Crippen LogP contribution in [0.15, 0.2) is 24.3 Å². The molecule has 3 N–H and O–H groups in total. The number of thioether (sulfide) groups is 1. The molecular formula is C12H15N3OS. The van der Waals surface area contributed by atoms with E-state index in [9.17, 15) is 4.79 Å².